The van der Waals surface area contributed by atoms with Crippen LogP contribution in [0.5, 0.6) is 0 Å². The van der Waals surface area contributed by atoms with Crippen LogP contribution in [-0.2, 0) is 10.0 Å². The van der Waals surface area contributed by atoms with Gasteiger partial charge in [0.2, 0.25) is 10.0 Å². The fourth-order valence-corrected chi connectivity index (χ4v) is 5.53. The summed E-state index contributed by atoms with van der Waals surface area (Å²) in [5.41, 5.74) is 0.903. The Morgan fingerprint density at radius 1 is 1.00 bits per heavy atom. The number of piperazine rings is 1. The molecule has 0 bridgehead atoms. The monoisotopic (exact) mass is 482 g/mol. The van der Waals surface area contributed by atoms with Crippen molar-refractivity contribution in [3.05, 3.63) is 76.5 Å². The summed E-state index contributed by atoms with van der Waals surface area (Å²) in [5, 5.41) is 0.358. The Balaban J connectivity index is 1.50. The number of amides is 1. The Morgan fingerprint density at radius 2 is 1.68 bits per heavy atom. The van der Waals surface area contributed by atoms with E-state index in [1.165, 1.54) is 47.2 Å². The molecule has 0 saturated carbocycles. The van der Waals surface area contributed by atoms with Crippen molar-refractivity contribution in [1.82, 2.24) is 18.8 Å². The molecule has 1 amide bonds. The van der Waals surface area contributed by atoms with E-state index < -0.39 is 10.0 Å². The third-order valence-electron chi connectivity index (χ3n) is 5.00. The van der Waals surface area contributed by atoms with Crippen LogP contribution in [0.1, 0.15) is 10.5 Å². The molecule has 0 N–H and O–H groups in total. The van der Waals surface area contributed by atoms with E-state index >= 15 is 0 Å². The normalized spacial score (nSPS) is 15.3. The van der Waals surface area contributed by atoms with Gasteiger partial charge in [-0.25, -0.2) is 17.8 Å². The molecule has 162 valence electrons. The first-order chi connectivity index (χ1) is 14.8. The molecule has 1 aliphatic rings. The number of halogens is 3. The van der Waals surface area contributed by atoms with Crippen LogP contribution in [0.15, 0.2) is 59.9 Å². The number of aromatic nitrogens is 2. The largest absolute Gasteiger partial charge is 0.335 e. The van der Waals surface area contributed by atoms with Crippen LogP contribution in [0.2, 0.25) is 10.0 Å². The minimum Gasteiger partial charge on any atom is -0.335 e. The zero-order valence-corrected chi connectivity index (χ0v) is 18.4. The average Bonchev–Trinajstić information content (AvgIpc) is 3.25. The van der Waals surface area contributed by atoms with E-state index in [-0.39, 0.29) is 52.8 Å². The molecule has 2 aromatic carbocycles. The van der Waals surface area contributed by atoms with Crippen LogP contribution in [0.3, 0.4) is 0 Å². The van der Waals surface area contributed by atoms with E-state index in [1.807, 2.05) is 0 Å². The standard InChI is InChI=1S/C20H17Cl2FN4O3S/c21-14-1-6-17(22)19(11-14)31(29,30)26-9-7-25(8-10-26)20(28)18-12-24-13-27(18)16-4-2-15(23)3-5-16/h1-6,11-13H,7-10H2. The van der Waals surface area contributed by atoms with E-state index in [2.05, 4.69) is 4.98 Å². The van der Waals surface area contributed by atoms with Crippen LogP contribution in [0.4, 0.5) is 4.39 Å². The number of carbonyl (C=O) groups is 1. The summed E-state index contributed by atoms with van der Waals surface area (Å²) in [5.74, 6) is -0.673. The molecule has 11 heteroatoms. The lowest BCUT2D eigenvalue weighted by atomic mass is 10.2. The van der Waals surface area contributed by atoms with Crippen molar-refractivity contribution in [2.45, 2.75) is 4.90 Å². The van der Waals surface area contributed by atoms with E-state index in [1.54, 1.807) is 21.6 Å². The van der Waals surface area contributed by atoms with Gasteiger partial charge in [0.25, 0.3) is 5.91 Å². The van der Waals surface area contributed by atoms with Gasteiger partial charge in [0.1, 0.15) is 16.4 Å². The lowest BCUT2D eigenvalue weighted by Crippen LogP contribution is -2.50. The van der Waals surface area contributed by atoms with Crippen LogP contribution < -0.4 is 0 Å². The second-order valence-corrected chi connectivity index (χ2v) is 9.65. The van der Waals surface area contributed by atoms with Crippen molar-refractivity contribution in [3.63, 3.8) is 0 Å². The molecule has 1 aliphatic heterocycles. The van der Waals surface area contributed by atoms with Crippen molar-refractivity contribution in [1.29, 1.82) is 0 Å². The first kappa shape index (κ1) is 21.8. The maximum absolute atomic E-state index is 13.2. The molecule has 0 radical (unpaired) electrons. The van der Waals surface area contributed by atoms with Gasteiger partial charge in [0, 0.05) is 36.9 Å². The first-order valence-electron chi connectivity index (χ1n) is 9.30. The summed E-state index contributed by atoms with van der Waals surface area (Å²) >= 11 is 12.0. The molecule has 0 atom stereocenters. The van der Waals surface area contributed by atoms with Crippen molar-refractivity contribution in [2.75, 3.05) is 26.2 Å². The summed E-state index contributed by atoms with van der Waals surface area (Å²) in [7, 11) is -3.85. The van der Waals surface area contributed by atoms with Gasteiger partial charge in [0.05, 0.1) is 17.5 Å². The van der Waals surface area contributed by atoms with Gasteiger partial charge in [0.15, 0.2) is 0 Å². The second-order valence-electron chi connectivity index (χ2n) is 6.90. The molecule has 0 spiro atoms. The lowest BCUT2D eigenvalue weighted by molar-refractivity contribution is 0.0690. The van der Waals surface area contributed by atoms with Crippen LogP contribution in [-0.4, -0.2) is 59.3 Å². The lowest BCUT2D eigenvalue weighted by Gasteiger charge is -2.34. The molecule has 7 nitrogen and oxygen atoms in total. The summed E-state index contributed by atoms with van der Waals surface area (Å²) in [6.07, 6.45) is 2.91. The smallest absolute Gasteiger partial charge is 0.272 e. The van der Waals surface area contributed by atoms with Gasteiger partial charge in [-0.15, -0.1) is 0 Å². The van der Waals surface area contributed by atoms with Crippen LogP contribution in [0, 0.1) is 5.82 Å². The maximum Gasteiger partial charge on any atom is 0.272 e. The zero-order chi connectivity index (χ0) is 22.2. The molecule has 0 aliphatic carbocycles. The summed E-state index contributed by atoms with van der Waals surface area (Å²) < 4.78 is 42.0. The Labute approximate surface area is 188 Å². The van der Waals surface area contributed by atoms with Gasteiger partial charge in [-0.2, -0.15) is 4.31 Å². The van der Waals surface area contributed by atoms with Gasteiger partial charge < -0.3 is 4.90 Å². The number of hydrogen-bond acceptors (Lipinski definition) is 4. The number of carbonyl (C=O) groups excluding carboxylic acids is 1. The molecule has 0 unspecified atom stereocenters. The van der Waals surface area contributed by atoms with Crippen molar-refractivity contribution >= 4 is 39.1 Å². The summed E-state index contributed by atoms with van der Waals surface area (Å²) in [4.78, 5) is 18.6. The number of hydrogen-bond donors (Lipinski definition) is 0. The third-order valence-corrected chi connectivity index (χ3v) is 7.61. The maximum atomic E-state index is 13.2. The number of rotatable bonds is 4. The minimum atomic E-state index is -3.85. The predicted octanol–water partition coefficient (Wildman–Crippen LogP) is 3.46. The molecule has 1 fully saturated rings. The predicted molar refractivity (Wildman–Crippen MR) is 115 cm³/mol. The molecule has 4 rings (SSSR count). The van der Waals surface area contributed by atoms with Crippen molar-refractivity contribution < 1.29 is 17.6 Å². The van der Waals surface area contributed by atoms with E-state index in [0.717, 1.165) is 0 Å². The highest BCUT2D eigenvalue weighted by Crippen LogP contribution is 2.28. The number of nitrogens with zero attached hydrogens (tertiary/aromatic N) is 4. The number of benzene rings is 2. The average molecular weight is 483 g/mol. The Bertz CT molecular complexity index is 1220. The highest BCUT2D eigenvalue weighted by molar-refractivity contribution is 7.89. The summed E-state index contributed by atoms with van der Waals surface area (Å²) in [6, 6.07) is 9.97. The van der Waals surface area contributed by atoms with E-state index in [0.29, 0.717) is 11.4 Å². The fourth-order valence-electron chi connectivity index (χ4n) is 3.37. The molecule has 1 saturated heterocycles. The molecule has 31 heavy (non-hydrogen) atoms. The third kappa shape index (κ3) is 4.31. The molecular weight excluding hydrogens is 466 g/mol. The van der Waals surface area contributed by atoms with Gasteiger partial charge in [-0.1, -0.05) is 23.2 Å². The number of imidazole rings is 1. The van der Waals surface area contributed by atoms with Crippen LogP contribution >= 0.6 is 23.2 Å². The second kappa shape index (κ2) is 8.58. The molecule has 2 heterocycles. The highest BCUT2D eigenvalue weighted by atomic mass is 35.5. The molecule has 1 aromatic heterocycles. The van der Waals surface area contributed by atoms with Gasteiger partial charge in [-0.3, -0.25) is 9.36 Å². The van der Waals surface area contributed by atoms with Crippen molar-refractivity contribution in [3.8, 4) is 5.69 Å². The summed E-state index contributed by atoms with van der Waals surface area (Å²) in [6.45, 7) is 0.624. The fraction of sp³-hybridized carbons (Fsp3) is 0.200. The highest BCUT2D eigenvalue weighted by Gasteiger charge is 2.32. The first-order valence-corrected chi connectivity index (χ1v) is 11.5. The minimum absolute atomic E-state index is 0.0594. The zero-order valence-electron chi connectivity index (χ0n) is 16.1. The number of sulfonamides is 1. The molecule has 3 aromatic rings. The molecular formula is C20H17Cl2FN4O3S. The van der Waals surface area contributed by atoms with E-state index in [9.17, 15) is 17.6 Å². The Morgan fingerprint density at radius 3 is 2.35 bits per heavy atom. The Kier molecular flexibility index (Phi) is 6.02. The van der Waals surface area contributed by atoms with Crippen LogP contribution in [0.25, 0.3) is 5.69 Å². The SMILES string of the molecule is O=C(c1cncn1-c1ccc(F)cc1)N1CCN(S(=O)(=O)c2cc(Cl)ccc2Cl)CC1. The topological polar surface area (TPSA) is 75.5 Å². The Hall–Kier alpha value is -2.46. The van der Waals surface area contributed by atoms with Gasteiger partial charge in [-0.05, 0) is 42.5 Å². The van der Waals surface area contributed by atoms with Gasteiger partial charge >= 0.3 is 0 Å². The quantitative estimate of drug-likeness (QED) is 0.570. The van der Waals surface area contributed by atoms with Crippen molar-refractivity contribution in [2.24, 2.45) is 0 Å². The van der Waals surface area contributed by atoms with E-state index in [4.69, 9.17) is 23.2 Å².